The topological polar surface area (TPSA) is 65.0 Å². The van der Waals surface area contributed by atoms with E-state index in [1.807, 2.05) is 30.3 Å². The molecule has 1 N–H and O–H groups in total. The standard InChI is InChI=1S/C30H32N4O2/c35-29(20-33-16-14-26(15-17-33)31-30(36)23-11-12-23)34-28(22-7-2-1-3-8-22)19-27(32-34)25-13-10-21-6-4-5-9-24(21)18-25/h1-10,13,18,23,26,28H,11-12,14-17,19-20H2,(H,31,36). The van der Waals surface area contributed by atoms with Crippen LogP contribution in [0.15, 0.2) is 77.9 Å². The molecule has 1 saturated heterocycles. The van der Waals surface area contributed by atoms with Crippen LogP contribution in [0, 0.1) is 5.92 Å². The van der Waals surface area contributed by atoms with Gasteiger partial charge in [0.15, 0.2) is 0 Å². The molecule has 1 saturated carbocycles. The maximum Gasteiger partial charge on any atom is 0.257 e. The monoisotopic (exact) mass is 480 g/mol. The number of carbonyl (C=O) groups is 2. The lowest BCUT2D eigenvalue weighted by atomic mass is 9.97. The Kier molecular flexibility index (Phi) is 6.28. The average Bonchev–Trinajstić information content (AvgIpc) is 3.68. The summed E-state index contributed by atoms with van der Waals surface area (Å²) in [7, 11) is 0. The first kappa shape index (κ1) is 22.9. The maximum atomic E-state index is 13.6. The van der Waals surface area contributed by atoms with E-state index in [-0.39, 0.29) is 29.8 Å². The van der Waals surface area contributed by atoms with Gasteiger partial charge < -0.3 is 5.32 Å². The van der Waals surface area contributed by atoms with E-state index in [1.165, 1.54) is 10.8 Å². The van der Waals surface area contributed by atoms with Gasteiger partial charge >= 0.3 is 0 Å². The maximum absolute atomic E-state index is 13.6. The van der Waals surface area contributed by atoms with Crippen molar-refractivity contribution in [2.24, 2.45) is 11.0 Å². The summed E-state index contributed by atoms with van der Waals surface area (Å²) in [4.78, 5) is 27.9. The summed E-state index contributed by atoms with van der Waals surface area (Å²) < 4.78 is 0. The van der Waals surface area contributed by atoms with Gasteiger partial charge in [-0.2, -0.15) is 5.10 Å². The van der Waals surface area contributed by atoms with Crippen LogP contribution >= 0.6 is 0 Å². The number of nitrogens with one attached hydrogen (secondary N) is 1. The molecule has 6 heteroatoms. The molecule has 1 aliphatic carbocycles. The van der Waals surface area contributed by atoms with E-state index < -0.39 is 0 Å². The number of rotatable bonds is 6. The van der Waals surface area contributed by atoms with Crippen molar-refractivity contribution >= 4 is 28.3 Å². The molecule has 0 radical (unpaired) electrons. The van der Waals surface area contributed by atoms with Gasteiger partial charge in [0.05, 0.1) is 18.3 Å². The van der Waals surface area contributed by atoms with Gasteiger partial charge in [-0.1, -0.05) is 66.7 Å². The first-order chi connectivity index (χ1) is 17.6. The third-order valence-corrected chi connectivity index (χ3v) is 7.67. The van der Waals surface area contributed by atoms with Crippen LogP contribution in [-0.2, 0) is 9.59 Å². The molecule has 3 aromatic rings. The van der Waals surface area contributed by atoms with Gasteiger partial charge in [-0.25, -0.2) is 5.01 Å². The molecule has 36 heavy (non-hydrogen) atoms. The predicted molar refractivity (Wildman–Crippen MR) is 141 cm³/mol. The third kappa shape index (κ3) is 4.91. The first-order valence-corrected chi connectivity index (χ1v) is 13.1. The van der Waals surface area contributed by atoms with Gasteiger partial charge in [0.2, 0.25) is 5.91 Å². The molecule has 3 aliphatic rings. The largest absolute Gasteiger partial charge is 0.353 e. The molecule has 2 aliphatic heterocycles. The smallest absolute Gasteiger partial charge is 0.257 e. The molecule has 0 bridgehead atoms. The highest BCUT2D eigenvalue weighted by Gasteiger charge is 2.35. The molecule has 184 valence electrons. The fourth-order valence-electron chi connectivity index (χ4n) is 5.38. The SMILES string of the molecule is O=C(NC1CCN(CC(=O)N2N=C(c3ccc4ccccc4c3)CC2c2ccccc2)CC1)C1CC1. The zero-order chi connectivity index (χ0) is 24.5. The number of hydrazone groups is 1. The minimum atomic E-state index is -0.101. The lowest BCUT2D eigenvalue weighted by Gasteiger charge is -2.33. The summed E-state index contributed by atoms with van der Waals surface area (Å²) in [5.41, 5.74) is 3.12. The minimum absolute atomic E-state index is 0.0279. The van der Waals surface area contributed by atoms with Crippen LogP contribution in [0.2, 0.25) is 0 Å². The molecule has 0 spiro atoms. The van der Waals surface area contributed by atoms with Crippen molar-refractivity contribution in [1.82, 2.24) is 15.2 Å². The summed E-state index contributed by atoms with van der Waals surface area (Å²) in [5.74, 6) is 0.479. The van der Waals surface area contributed by atoms with Gasteiger partial charge in [0, 0.05) is 31.5 Å². The molecular weight excluding hydrogens is 448 g/mol. The molecular formula is C30H32N4O2. The van der Waals surface area contributed by atoms with Crippen molar-refractivity contribution in [1.29, 1.82) is 0 Å². The van der Waals surface area contributed by atoms with E-state index in [9.17, 15) is 9.59 Å². The van der Waals surface area contributed by atoms with E-state index >= 15 is 0 Å². The Morgan fingerprint density at radius 2 is 1.58 bits per heavy atom. The van der Waals surface area contributed by atoms with Gasteiger partial charge in [-0.3, -0.25) is 14.5 Å². The van der Waals surface area contributed by atoms with Crippen LogP contribution in [0.25, 0.3) is 10.8 Å². The number of hydrogen-bond donors (Lipinski definition) is 1. The molecule has 2 heterocycles. The number of likely N-dealkylation sites (tertiary alicyclic amines) is 1. The summed E-state index contributed by atoms with van der Waals surface area (Å²) >= 11 is 0. The number of nitrogens with zero attached hydrogens (tertiary/aromatic N) is 3. The van der Waals surface area contributed by atoms with Crippen LogP contribution in [-0.4, -0.2) is 53.1 Å². The predicted octanol–water partition coefficient (Wildman–Crippen LogP) is 4.51. The summed E-state index contributed by atoms with van der Waals surface area (Å²) in [6.45, 7) is 1.97. The van der Waals surface area contributed by atoms with Crippen molar-refractivity contribution in [3.8, 4) is 0 Å². The molecule has 3 aromatic carbocycles. The Bertz CT molecular complexity index is 1290. The second-order valence-electron chi connectivity index (χ2n) is 10.3. The lowest BCUT2D eigenvalue weighted by Crippen LogP contribution is -2.47. The number of piperidine rings is 1. The number of carbonyl (C=O) groups excluding carboxylic acids is 2. The first-order valence-electron chi connectivity index (χ1n) is 13.1. The molecule has 1 unspecified atom stereocenters. The van der Waals surface area contributed by atoms with Crippen molar-refractivity contribution in [3.05, 3.63) is 83.9 Å². The number of hydrogen-bond acceptors (Lipinski definition) is 4. The molecule has 6 rings (SSSR count). The number of benzene rings is 3. The highest BCUT2D eigenvalue weighted by Crippen LogP contribution is 2.34. The minimum Gasteiger partial charge on any atom is -0.353 e. The van der Waals surface area contributed by atoms with Crippen molar-refractivity contribution in [2.45, 2.75) is 44.2 Å². The van der Waals surface area contributed by atoms with Crippen LogP contribution < -0.4 is 5.32 Å². The Hall–Kier alpha value is -3.51. The summed E-state index contributed by atoms with van der Waals surface area (Å²) in [6, 6.07) is 25.1. The summed E-state index contributed by atoms with van der Waals surface area (Å²) in [6.07, 6.45) is 4.53. The van der Waals surface area contributed by atoms with Crippen molar-refractivity contribution in [3.63, 3.8) is 0 Å². The molecule has 0 aromatic heterocycles. The number of amides is 2. The van der Waals surface area contributed by atoms with Crippen LogP contribution in [0.1, 0.15) is 49.3 Å². The van der Waals surface area contributed by atoms with Crippen LogP contribution in [0.3, 0.4) is 0 Å². The zero-order valence-electron chi connectivity index (χ0n) is 20.5. The van der Waals surface area contributed by atoms with E-state index in [2.05, 4.69) is 52.7 Å². The fraction of sp³-hybridized carbons (Fsp3) is 0.367. The molecule has 6 nitrogen and oxygen atoms in total. The van der Waals surface area contributed by atoms with Gasteiger partial charge in [0.1, 0.15) is 0 Å². The average molecular weight is 481 g/mol. The van der Waals surface area contributed by atoms with E-state index in [1.54, 1.807) is 5.01 Å². The quantitative estimate of drug-likeness (QED) is 0.565. The normalized spacial score (nSPS) is 20.9. The van der Waals surface area contributed by atoms with Gasteiger partial charge in [-0.05, 0) is 53.6 Å². The second kappa shape index (κ2) is 9.86. The fourth-order valence-corrected chi connectivity index (χ4v) is 5.38. The number of fused-ring (bicyclic) bond motifs is 1. The Morgan fingerprint density at radius 3 is 2.33 bits per heavy atom. The lowest BCUT2D eigenvalue weighted by molar-refractivity contribution is -0.134. The van der Waals surface area contributed by atoms with E-state index in [0.717, 1.165) is 55.6 Å². The van der Waals surface area contributed by atoms with Crippen molar-refractivity contribution < 1.29 is 9.59 Å². The van der Waals surface area contributed by atoms with E-state index in [0.29, 0.717) is 13.0 Å². The third-order valence-electron chi connectivity index (χ3n) is 7.67. The second-order valence-corrected chi connectivity index (χ2v) is 10.3. The summed E-state index contributed by atoms with van der Waals surface area (Å²) in [5, 5.41) is 12.2. The van der Waals surface area contributed by atoms with E-state index in [4.69, 9.17) is 5.10 Å². The highest BCUT2D eigenvalue weighted by atomic mass is 16.2. The zero-order valence-corrected chi connectivity index (χ0v) is 20.5. The Balaban J connectivity index is 1.17. The van der Waals surface area contributed by atoms with Gasteiger partial charge in [-0.15, -0.1) is 0 Å². The van der Waals surface area contributed by atoms with Crippen LogP contribution in [0.4, 0.5) is 0 Å². The Morgan fingerprint density at radius 1 is 0.861 bits per heavy atom. The molecule has 2 fully saturated rings. The molecule has 1 atom stereocenters. The highest BCUT2D eigenvalue weighted by molar-refractivity contribution is 6.05. The van der Waals surface area contributed by atoms with Crippen molar-refractivity contribution in [2.75, 3.05) is 19.6 Å². The molecule has 2 amide bonds. The van der Waals surface area contributed by atoms with Crippen LogP contribution in [0.5, 0.6) is 0 Å². The Labute approximate surface area is 212 Å². The van der Waals surface area contributed by atoms with Gasteiger partial charge in [0.25, 0.3) is 5.91 Å².